The molecule has 0 saturated heterocycles. The lowest BCUT2D eigenvalue weighted by Crippen LogP contribution is -2.44. The minimum Gasteiger partial charge on any atom is -0.483 e. The van der Waals surface area contributed by atoms with Crippen molar-refractivity contribution in [1.29, 1.82) is 0 Å². The van der Waals surface area contributed by atoms with Gasteiger partial charge in [0.2, 0.25) is 11.8 Å². The van der Waals surface area contributed by atoms with Crippen molar-refractivity contribution in [2.45, 2.75) is 32.0 Å². The lowest BCUT2D eigenvalue weighted by atomic mass is 10.1. The number of hydrogen-bond acceptors (Lipinski definition) is 6. The van der Waals surface area contributed by atoms with Gasteiger partial charge in [-0.1, -0.05) is 36.4 Å². The fourth-order valence-corrected chi connectivity index (χ4v) is 4.22. The van der Waals surface area contributed by atoms with E-state index in [4.69, 9.17) is 4.74 Å². The molecule has 0 radical (unpaired) electrons. The number of halogens is 2. The van der Waals surface area contributed by atoms with Gasteiger partial charge >= 0.3 is 6.09 Å². The Kier molecular flexibility index (Phi) is 10.1. The number of aromatic nitrogens is 3. The van der Waals surface area contributed by atoms with Gasteiger partial charge in [0, 0.05) is 26.4 Å². The molecule has 14 heteroatoms. The lowest BCUT2D eigenvalue weighted by Gasteiger charge is -2.16. The van der Waals surface area contributed by atoms with Crippen LogP contribution in [0, 0.1) is 11.6 Å². The average Bonchev–Trinajstić information content (AvgIpc) is 3.41. The summed E-state index contributed by atoms with van der Waals surface area (Å²) in [5.74, 6) is -3.01. The van der Waals surface area contributed by atoms with E-state index in [9.17, 15) is 33.1 Å². The van der Waals surface area contributed by atoms with Crippen LogP contribution in [-0.2, 0) is 22.7 Å². The van der Waals surface area contributed by atoms with Crippen LogP contribution in [0.2, 0.25) is 0 Å². The third-order valence-electron chi connectivity index (χ3n) is 6.44. The Bertz CT molecular complexity index is 1750. The molecule has 0 bridgehead atoms. The molecule has 0 aliphatic carbocycles. The Morgan fingerprint density at radius 1 is 1.14 bits per heavy atom. The van der Waals surface area contributed by atoms with Crippen LogP contribution in [0.15, 0.2) is 71.7 Å². The molecule has 1 atom stereocenters. The summed E-state index contributed by atoms with van der Waals surface area (Å²) in [7, 11) is 3.15. The zero-order chi connectivity index (χ0) is 31.8. The van der Waals surface area contributed by atoms with E-state index >= 15 is 0 Å². The van der Waals surface area contributed by atoms with Crippen molar-refractivity contribution >= 4 is 34.6 Å². The van der Waals surface area contributed by atoms with E-state index in [1.54, 1.807) is 38.4 Å². The molecule has 230 valence electrons. The van der Waals surface area contributed by atoms with Gasteiger partial charge in [0.25, 0.3) is 5.56 Å². The van der Waals surface area contributed by atoms with Crippen molar-refractivity contribution in [2.24, 2.45) is 0 Å². The Hall–Kier alpha value is -5.53. The number of imidazole rings is 1. The van der Waals surface area contributed by atoms with Gasteiger partial charge in [0.1, 0.15) is 35.2 Å². The monoisotopic (exact) mass is 608 g/mol. The molecule has 2 aromatic carbocycles. The minimum absolute atomic E-state index is 0.0180. The maximum Gasteiger partial charge on any atom is 0.405 e. The summed E-state index contributed by atoms with van der Waals surface area (Å²) in [6.45, 7) is -0.179. The number of rotatable bonds is 12. The highest BCUT2D eigenvalue weighted by molar-refractivity contribution is 5.96. The number of hydrogen-bond donors (Lipinski definition) is 4. The van der Waals surface area contributed by atoms with E-state index in [-0.39, 0.29) is 60.2 Å². The number of H-pyrrole nitrogens is 1. The number of pyridine rings is 1. The van der Waals surface area contributed by atoms with E-state index in [1.807, 2.05) is 6.07 Å². The van der Waals surface area contributed by atoms with Crippen LogP contribution in [0.3, 0.4) is 0 Å². The number of carbonyl (C=O) groups excluding carboxylic acids is 2. The first-order chi connectivity index (χ1) is 21.0. The number of likely N-dealkylation sites (N-methyl/N-ethyl adjacent to an activating group) is 1. The molecule has 4 aromatic rings. The van der Waals surface area contributed by atoms with Gasteiger partial charge in [-0.3, -0.25) is 14.4 Å². The minimum atomic E-state index is -1.44. The first-order valence-electron chi connectivity index (χ1n) is 13.4. The van der Waals surface area contributed by atoms with Gasteiger partial charge in [0.15, 0.2) is 17.4 Å². The molecule has 12 nitrogen and oxygen atoms in total. The number of allylic oxidation sites excluding steroid dienone is 1. The molecule has 0 spiro atoms. The number of fused-ring (bicyclic) bond motifs is 1. The molecule has 0 unspecified atom stereocenters. The van der Waals surface area contributed by atoms with Crippen LogP contribution in [0.4, 0.5) is 19.3 Å². The second-order valence-corrected chi connectivity index (χ2v) is 9.91. The summed E-state index contributed by atoms with van der Waals surface area (Å²) in [6, 6.07) is 11.3. The molecule has 0 fully saturated rings. The molecule has 0 aliphatic heterocycles. The van der Waals surface area contributed by atoms with Crippen LogP contribution in [0.5, 0.6) is 5.75 Å². The van der Waals surface area contributed by atoms with Crippen LogP contribution < -0.4 is 20.9 Å². The van der Waals surface area contributed by atoms with Gasteiger partial charge in [-0.15, -0.1) is 0 Å². The van der Waals surface area contributed by atoms with Gasteiger partial charge in [-0.05, 0) is 36.6 Å². The Morgan fingerprint density at radius 2 is 1.89 bits per heavy atom. The normalized spacial score (nSPS) is 11.8. The summed E-state index contributed by atoms with van der Waals surface area (Å²) >= 11 is 0. The molecule has 44 heavy (non-hydrogen) atoms. The summed E-state index contributed by atoms with van der Waals surface area (Å²) in [5, 5.41) is 13.7. The van der Waals surface area contributed by atoms with Crippen molar-refractivity contribution in [2.75, 3.05) is 19.4 Å². The van der Waals surface area contributed by atoms with Crippen LogP contribution in [0.1, 0.15) is 24.2 Å². The zero-order valence-electron chi connectivity index (χ0n) is 23.8. The SMILES string of the molecule is CN(C)C(=O)/C=C/CC[C@H](NC(=O)O)C(=O)Nc1cccn(Cc2nc3c(OCc4ccccc4)c(F)cc(F)c3[nH]2)c1=O. The molecule has 0 saturated carbocycles. The lowest BCUT2D eigenvalue weighted by molar-refractivity contribution is -0.123. The standard InChI is InChI=1S/C30H30F2N6O6/c1-37(2)24(39)13-7-6-11-21(34-30(42)43)28(40)33-22-12-8-14-38(29(22)41)16-23-35-25-19(31)15-20(32)27(26(25)36-23)44-17-18-9-4-3-5-10-18/h3-5,7-10,12-15,21,34H,6,11,16-17H2,1-2H3,(H,33,40)(H,35,36)(H,42,43)/b13-7+/t21-/m0/s1. The first-order valence-corrected chi connectivity index (χ1v) is 13.4. The number of carbonyl (C=O) groups is 3. The predicted octanol–water partition coefficient (Wildman–Crippen LogP) is 3.63. The van der Waals surface area contributed by atoms with Gasteiger partial charge in [-0.2, -0.15) is 0 Å². The van der Waals surface area contributed by atoms with Crippen molar-refractivity contribution in [3.05, 3.63) is 100 Å². The highest BCUT2D eigenvalue weighted by atomic mass is 19.1. The molecular formula is C30H30F2N6O6. The van der Waals surface area contributed by atoms with Crippen LogP contribution in [0.25, 0.3) is 11.0 Å². The van der Waals surface area contributed by atoms with Crippen LogP contribution in [-0.4, -0.2) is 62.6 Å². The highest BCUT2D eigenvalue weighted by Gasteiger charge is 2.22. The van der Waals surface area contributed by atoms with Gasteiger partial charge in [0.05, 0.1) is 6.54 Å². The average molecular weight is 609 g/mol. The summed E-state index contributed by atoms with van der Waals surface area (Å²) in [4.78, 5) is 57.4. The predicted molar refractivity (Wildman–Crippen MR) is 157 cm³/mol. The number of nitrogens with one attached hydrogen (secondary N) is 3. The Balaban J connectivity index is 1.51. The number of amides is 3. The molecule has 3 amide bonds. The number of benzene rings is 2. The number of carboxylic acid groups (broad SMARTS) is 1. The molecular weight excluding hydrogens is 578 g/mol. The quantitative estimate of drug-likeness (QED) is 0.179. The second-order valence-electron chi connectivity index (χ2n) is 9.91. The number of anilines is 1. The molecule has 0 aliphatic rings. The Morgan fingerprint density at radius 3 is 2.59 bits per heavy atom. The van der Waals surface area contributed by atoms with Gasteiger partial charge in [-0.25, -0.2) is 18.6 Å². The van der Waals surface area contributed by atoms with Crippen molar-refractivity contribution in [3.63, 3.8) is 0 Å². The van der Waals surface area contributed by atoms with Crippen molar-refractivity contribution in [3.8, 4) is 5.75 Å². The van der Waals surface area contributed by atoms with Crippen molar-refractivity contribution < 1.29 is 33.0 Å². The summed E-state index contributed by atoms with van der Waals surface area (Å²) < 4.78 is 36.1. The smallest absolute Gasteiger partial charge is 0.405 e. The van der Waals surface area contributed by atoms with E-state index in [0.29, 0.717) is 6.07 Å². The van der Waals surface area contributed by atoms with E-state index < -0.39 is 35.2 Å². The third-order valence-corrected chi connectivity index (χ3v) is 6.44. The largest absolute Gasteiger partial charge is 0.483 e. The third kappa shape index (κ3) is 7.85. The van der Waals surface area contributed by atoms with Crippen molar-refractivity contribution in [1.82, 2.24) is 24.8 Å². The number of nitrogens with zero attached hydrogens (tertiary/aromatic N) is 3. The molecule has 2 aromatic heterocycles. The fraction of sp³-hybridized carbons (Fsp3) is 0.233. The first kappa shape index (κ1) is 31.4. The summed E-state index contributed by atoms with van der Waals surface area (Å²) in [5.41, 5.74) is -0.227. The molecule has 2 heterocycles. The topological polar surface area (TPSA) is 159 Å². The maximum absolute atomic E-state index is 14.7. The number of ether oxygens (including phenoxy) is 1. The zero-order valence-corrected chi connectivity index (χ0v) is 23.8. The molecule has 4 N–H and O–H groups in total. The Labute approximate surface area is 250 Å². The van der Waals surface area contributed by atoms with Crippen LogP contribution >= 0.6 is 0 Å². The fourth-order valence-electron chi connectivity index (χ4n) is 4.22. The van der Waals surface area contributed by atoms with E-state index in [1.165, 1.54) is 39.9 Å². The summed E-state index contributed by atoms with van der Waals surface area (Å²) in [6.07, 6.45) is 3.02. The highest BCUT2D eigenvalue weighted by Crippen LogP contribution is 2.30. The molecule has 4 rings (SSSR count). The van der Waals surface area contributed by atoms with E-state index in [0.717, 1.165) is 5.56 Å². The van der Waals surface area contributed by atoms with Gasteiger partial charge < -0.3 is 34.9 Å². The van der Waals surface area contributed by atoms with E-state index in [2.05, 4.69) is 20.6 Å². The number of aromatic amines is 1. The second kappa shape index (κ2) is 14.1. The maximum atomic E-state index is 14.7.